The molecule has 0 saturated carbocycles. The first-order valence-electron chi connectivity index (χ1n) is 7.73. The third-order valence-corrected chi connectivity index (χ3v) is 3.43. The minimum atomic E-state index is -0.375. The second-order valence-electron chi connectivity index (χ2n) is 5.14. The molecule has 0 aliphatic rings. The van der Waals surface area contributed by atoms with Gasteiger partial charge in [-0.15, -0.1) is 0 Å². The first-order chi connectivity index (χ1) is 10.2. The lowest BCUT2D eigenvalue weighted by molar-refractivity contribution is 0.232. The molecule has 2 nitrogen and oxygen atoms in total. The highest BCUT2D eigenvalue weighted by Crippen LogP contribution is 2.19. The molecule has 1 aromatic rings. The molecule has 21 heavy (non-hydrogen) atoms. The summed E-state index contributed by atoms with van der Waals surface area (Å²) in [4.78, 5) is 0. The van der Waals surface area contributed by atoms with Gasteiger partial charge in [-0.25, -0.2) is 4.39 Å². The third kappa shape index (κ3) is 6.64. The smallest absolute Gasteiger partial charge is 0.142 e. The van der Waals surface area contributed by atoms with Crippen molar-refractivity contribution in [2.75, 3.05) is 13.2 Å². The van der Waals surface area contributed by atoms with Crippen LogP contribution in [-0.4, -0.2) is 18.3 Å². The second-order valence-corrected chi connectivity index (χ2v) is 5.14. The van der Waals surface area contributed by atoms with Crippen molar-refractivity contribution in [3.05, 3.63) is 29.6 Å². The summed E-state index contributed by atoms with van der Waals surface area (Å²) in [5.74, 6) is 6.12. The molecule has 0 aliphatic heterocycles. The van der Waals surface area contributed by atoms with Crippen molar-refractivity contribution in [3.8, 4) is 17.6 Å². The van der Waals surface area contributed by atoms with E-state index in [9.17, 15) is 4.39 Å². The first kappa shape index (κ1) is 17.5. The highest BCUT2D eigenvalue weighted by molar-refractivity contribution is 5.39. The molecular weight excluding hydrogens is 267 g/mol. The van der Waals surface area contributed by atoms with E-state index >= 15 is 0 Å². The summed E-state index contributed by atoms with van der Waals surface area (Å²) >= 11 is 0. The van der Waals surface area contributed by atoms with Crippen LogP contribution in [-0.2, 0) is 0 Å². The molecule has 0 fully saturated rings. The van der Waals surface area contributed by atoms with E-state index in [1.807, 2.05) is 0 Å². The molecule has 3 heteroatoms. The Balaban J connectivity index is 2.57. The van der Waals surface area contributed by atoms with Gasteiger partial charge < -0.3 is 9.84 Å². The number of ether oxygens (including phenoxy) is 1. The van der Waals surface area contributed by atoms with Gasteiger partial charge in [0.05, 0.1) is 18.8 Å². The number of aliphatic hydroxyl groups is 1. The van der Waals surface area contributed by atoms with Crippen molar-refractivity contribution in [2.24, 2.45) is 5.92 Å². The summed E-state index contributed by atoms with van der Waals surface area (Å²) < 4.78 is 19.5. The van der Waals surface area contributed by atoms with Crippen LogP contribution in [0.4, 0.5) is 4.39 Å². The van der Waals surface area contributed by atoms with Gasteiger partial charge in [0.1, 0.15) is 11.6 Å². The van der Waals surface area contributed by atoms with Crippen LogP contribution >= 0.6 is 0 Å². The van der Waals surface area contributed by atoms with Gasteiger partial charge in [0.2, 0.25) is 0 Å². The Bertz CT molecular complexity index is 474. The highest BCUT2D eigenvalue weighted by atomic mass is 19.1. The summed E-state index contributed by atoms with van der Waals surface area (Å²) in [5, 5.41) is 8.65. The van der Waals surface area contributed by atoms with Gasteiger partial charge in [0.15, 0.2) is 0 Å². The maximum atomic E-state index is 13.8. The highest BCUT2D eigenvalue weighted by Gasteiger charge is 2.08. The van der Waals surface area contributed by atoms with Crippen LogP contribution in [0.3, 0.4) is 0 Å². The number of aliphatic hydroxyl groups excluding tert-OH is 1. The zero-order valence-corrected chi connectivity index (χ0v) is 13.0. The monoisotopic (exact) mass is 292 g/mol. The van der Waals surface area contributed by atoms with Crippen LogP contribution < -0.4 is 4.74 Å². The molecule has 1 atom stereocenters. The fourth-order valence-electron chi connectivity index (χ4n) is 2.01. The number of benzene rings is 1. The Morgan fingerprint density at radius 3 is 2.76 bits per heavy atom. The van der Waals surface area contributed by atoms with E-state index < -0.39 is 0 Å². The maximum absolute atomic E-state index is 13.8. The standard InChI is InChI=1S/C18H25FO2/c1-3-5-8-15(4-2)14-21-17-11-10-16(18(19)13-17)9-6-7-12-20/h10-11,13,15,20H,3-5,7-8,12,14H2,1-2H3. The number of hydrogen-bond acceptors (Lipinski definition) is 2. The van der Waals surface area contributed by atoms with Crippen LogP contribution in [0.25, 0.3) is 0 Å². The second kappa shape index (κ2) is 10.2. The van der Waals surface area contributed by atoms with Crippen molar-refractivity contribution in [3.63, 3.8) is 0 Å². The topological polar surface area (TPSA) is 29.5 Å². The number of rotatable bonds is 8. The minimum Gasteiger partial charge on any atom is -0.493 e. The molecule has 0 saturated heterocycles. The summed E-state index contributed by atoms with van der Waals surface area (Å²) in [6, 6.07) is 4.76. The molecular formula is C18H25FO2. The zero-order valence-electron chi connectivity index (χ0n) is 13.0. The Hall–Kier alpha value is -1.53. The van der Waals surface area contributed by atoms with Crippen molar-refractivity contribution in [1.29, 1.82) is 0 Å². The molecule has 0 spiro atoms. The van der Waals surface area contributed by atoms with Gasteiger partial charge >= 0.3 is 0 Å². The van der Waals surface area contributed by atoms with Crippen LogP contribution in [0.1, 0.15) is 51.5 Å². The van der Waals surface area contributed by atoms with Gasteiger partial charge in [-0.2, -0.15) is 0 Å². The van der Waals surface area contributed by atoms with Crippen LogP contribution in [0.5, 0.6) is 5.75 Å². The molecule has 0 aromatic heterocycles. The fourth-order valence-corrected chi connectivity index (χ4v) is 2.01. The lowest BCUT2D eigenvalue weighted by Crippen LogP contribution is -2.11. The predicted octanol–water partition coefficient (Wildman–Crippen LogP) is 4.15. The van der Waals surface area contributed by atoms with Gasteiger partial charge in [0, 0.05) is 12.5 Å². The van der Waals surface area contributed by atoms with E-state index in [0.29, 0.717) is 30.3 Å². The molecule has 0 bridgehead atoms. The van der Waals surface area contributed by atoms with Crippen LogP contribution in [0.2, 0.25) is 0 Å². The van der Waals surface area contributed by atoms with Crippen LogP contribution in [0.15, 0.2) is 18.2 Å². The average Bonchev–Trinajstić information content (AvgIpc) is 2.49. The van der Waals surface area contributed by atoms with Crippen molar-refractivity contribution in [2.45, 2.75) is 46.0 Å². The Morgan fingerprint density at radius 2 is 2.14 bits per heavy atom. The largest absolute Gasteiger partial charge is 0.493 e. The molecule has 1 aromatic carbocycles. The summed E-state index contributed by atoms with van der Waals surface area (Å²) in [6.45, 7) is 4.96. The number of unbranched alkanes of at least 4 members (excludes halogenated alkanes) is 1. The lowest BCUT2D eigenvalue weighted by Gasteiger charge is -2.15. The van der Waals surface area contributed by atoms with E-state index in [1.54, 1.807) is 12.1 Å². The summed E-state index contributed by atoms with van der Waals surface area (Å²) in [6.07, 6.45) is 4.97. The molecule has 1 unspecified atom stereocenters. The number of halogens is 1. The summed E-state index contributed by atoms with van der Waals surface area (Å²) in [5.41, 5.74) is 0.342. The van der Waals surface area contributed by atoms with Crippen molar-refractivity contribution >= 4 is 0 Å². The van der Waals surface area contributed by atoms with Crippen molar-refractivity contribution < 1.29 is 14.2 Å². The van der Waals surface area contributed by atoms with E-state index in [-0.39, 0.29) is 12.4 Å². The molecule has 1 N–H and O–H groups in total. The Labute approximate surface area is 127 Å². The van der Waals surface area contributed by atoms with Gasteiger partial charge in [-0.1, -0.05) is 45.0 Å². The van der Waals surface area contributed by atoms with E-state index in [0.717, 1.165) is 12.8 Å². The predicted molar refractivity (Wildman–Crippen MR) is 83.8 cm³/mol. The molecule has 0 aliphatic carbocycles. The quantitative estimate of drug-likeness (QED) is 0.729. The average molecular weight is 292 g/mol. The van der Waals surface area contributed by atoms with E-state index in [1.165, 1.54) is 18.9 Å². The number of hydrogen-bond donors (Lipinski definition) is 1. The molecule has 0 radical (unpaired) electrons. The molecule has 0 heterocycles. The molecule has 1 rings (SSSR count). The van der Waals surface area contributed by atoms with E-state index in [4.69, 9.17) is 9.84 Å². The van der Waals surface area contributed by atoms with Crippen LogP contribution in [0, 0.1) is 23.6 Å². The molecule has 0 amide bonds. The Kier molecular flexibility index (Phi) is 8.54. The SMILES string of the molecule is CCCCC(CC)COc1ccc(C#CCCO)c(F)c1. The zero-order chi connectivity index (χ0) is 15.5. The first-order valence-corrected chi connectivity index (χ1v) is 7.73. The van der Waals surface area contributed by atoms with Crippen molar-refractivity contribution in [1.82, 2.24) is 0 Å². The minimum absolute atomic E-state index is 0.00796. The van der Waals surface area contributed by atoms with Gasteiger partial charge in [-0.05, 0) is 24.5 Å². The van der Waals surface area contributed by atoms with Gasteiger partial charge in [0.25, 0.3) is 0 Å². The molecule has 116 valence electrons. The lowest BCUT2D eigenvalue weighted by atomic mass is 10.0. The summed E-state index contributed by atoms with van der Waals surface area (Å²) in [7, 11) is 0. The fraction of sp³-hybridized carbons (Fsp3) is 0.556. The Morgan fingerprint density at radius 1 is 1.33 bits per heavy atom. The maximum Gasteiger partial charge on any atom is 0.142 e. The van der Waals surface area contributed by atoms with E-state index in [2.05, 4.69) is 25.7 Å². The van der Waals surface area contributed by atoms with Gasteiger partial charge in [-0.3, -0.25) is 0 Å². The normalized spacial score (nSPS) is 11.6. The third-order valence-electron chi connectivity index (χ3n) is 3.43.